The van der Waals surface area contributed by atoms with Gasteiger partial charge in [-0.25, -0.2) is 17.2 Å². The summed E-state index contributed by atoms with van der Waals surface area (Å²) in [5.74, 6) is -0.414. The lowest BCUT2D eigenvalue weighted by atomic mass is 9.87. The number of hydrogen-bond donors (Lipinski definition) is 1. The van der Waals surface area contributed by atoms with Crippen LogP contribution in [0.2, 0.25) is 0 Å². The summed E-state index contributed by atoms with van der Waals surface area (Å²) in [5, 5.41) is 3.38. The molecule has 1 N–H and O–H groups in total. The van der Waals surface area contributed by atoms with Gasteiger partial charge in [-0.05, 0) is 62.7 Å². The topological polar surface area (TPSA) is 49.4 Å². The van der Waals surface area contributed by atoms with Gasteiger partial charge in [-0.15, -0.1) is 0 Å². The second-order valence-corrected chi connectivity index (χ2v) is 9.45. The number of nitrogens with one attached hydrogen (secondary N) is 1. The van der Waals surface area contributed by atoms with E-state index < -0.39 is 26.6 Å². The van der Waals surface area contributed by atoms with Crippen molar-refractivity contribution in [2.24, 2.45) is 11.8 Å². The van der Waals surface area contributed by atoms with Crippen molar-refractivity contribution < 1.29 is 17.2 Å². The van der Waals surface area contributed by atoms with E-state index in [4.69, 9.17) is 0 Å². The maximum atomic E-state index is 13.9. The molecular formula is C19H28F2N2O2S. The molecule has 0 bridgehead atoms. The van der Waals surface area contributed by atoms with Crippen molar-refractivity contribution in [3.05, 3.63) is 29.8 Å². The first-order valence-corrected chi connectivity index (χ1v) is 11.1. The van der Waals surface area contributed by atoms with Crippen LogP contribution in [-0.2, 0) is 10.0 Å². The van der Waals surface area contributed by atoms with Gasteiger partial charge in [-0.2, -0.15) is 4.31 Å². The summed E-state index contributed by atoms with van der Waals surface area (Å²) in [4.78, 5) is -0.428. The molecule has 0 atom stereocenters. The number of piperidine rings is 2. The standard InChI is InChI=1S/C19H28F2N2O2S/c20-17-4-5-19(18(21)14-17)26(24,25)23-12-8-16(9-13-23)3-1-2-15-6-10-22-11-7-15/h4-5,14-16,22H,1-3,6-13H2. The fourth-order valence-corrected chi connectivity index (χ4v) is 5.64. The lowest BCUT2D eigenvalue weighted by Crippen LogP contribution is -2.38. The van der Waals surface area contributed by atoms with Gasteiger partial charge in [0, 0.05) is 19.2 Å². The fraction of sp³-hybridized carbons (Fsp3) is 0.684. The number of rotatable bonds is 6. The van der Waals surface area contributed by atoms with E-state index in [1.807, 2.05) is 0 Å². The van der Waals surface area contributed by atoms with Crippen LogP contribution < -0.4 is 5.32 Å². The Morgan fingerprint density at radius 3 is 2.23 bits per heavy atom. The average molecular weight is 387 g/mol. The van der Waals surface area contributed by atoms with E-state index in [2.05, 4.69) is 5.32 Å². The summed E-state index contributed by atoms with van der Waals surface area (Å²) >= 11 is 0. The molecule has 146 valence electrons. The Kier molecular flexibility index (Phi) is 6.64. The third-order valence-electron chi connectivity index (χ3n) is 5.77. The molecule has 2 aliphatic heterocycles. The molecule has 26 heavy (non-hydrogen) atoms. The van der Waals surface area contributed by atoms with Crippen LogP contribution in [-0.4, -0.2) is 38.9 Å². The van der Waals surface area contributed by atoms with E-state index in [1.165, 1.54) is 30.0 Å². The second kappa shape index (κ2) is 8.76. The Morgan fingerprint density at radius 2 is 1.62 bits per heavy atom. The quantitative estimate of drug-likeness (QED) is 0.814. The van der Waals surface area contributed by atoms with E-state index in [9.17, 15) is 17.2 Å². The molecule has 0 spiro atoms. The van der Waals surface area contributed by atoms with Crippen LogP contribution in [0.5, 0.6) is 0 Å². The molecule has 2 saturated heterocycles. The van der Waals surface area contributed by atoms with E-state index in [0.29, 0.717) is 25.1 Å². The van der Waals surface area contributed by atoms with Crippen LogP contribution in [0, 0.1) is 23.5 Å². The van der Waals surface area contributed by atoms with E-state index in [0.717, 1.165) is 50.4 Å². The van der Waals surface area contributed by atoms with Crippen LogP contribution in [0.4, 0.5) is 8.78 Å². The van der Waals surface area contributed by atoms with Crippen molar-refractivity contribution in [1.82, 2.24) is 9.62 Å². The Hall–Kier alpha value is -1.05. The largest absolute Gasteiger partial charge is 0.317 e. The minimum atomic E-state index is -3.89. The lowest BCUT2D eigenvalue weighted by molar-refractivity contribution is 0.250. The summed E-state index contributed by atoms with van der Waals surface area (Å²) in [6.07, 6.45) is 7.76. The molecule has 0 saturated carbocycles. The molecule has 7 heteroatoms. The van der Waals surface area contributed by atoms with E-state index in [-0.39, 0.29) is 0 Å². The van der Waals surface area contributed by atoms with E-state index >= 15 is 0 Å². The van der Waals surface area contributed by atoms with Gasteiger partial charge in [-0.3, -0.25) is 0 Å². The highest BCUT2D eigenvalue weighted by atomic mass is 32.2. The molecule has 2 aliphatic rings. The highest BCUT2D eigenvalue weighted by Crippen LogP contribution is 2.29. The molecule has 2 heterocycles. The summed E-state index contributed by atoms with van der Waals surface area (Å²) in [7, 11) is -3.89. The first-order chi connectivity index (χ1) is 12.5. The Bertz CT molecular complexity index is 697. The molecule has 1 aromatic rings. The van der Waals surface area contributed by atoms with Crippen LogP contribution in [0.3, 0.4) is 0 Å². The predicted octanol–water partition coefficient (Wildman–Crippen LogP) is 3.54. The maximum Gasteiger partial charge on any atom is 0.245 e. The van der Waals surface area contributed by atoms with Crippen molar-refractivity contribution in [2.45, 2.75) is 49.8 Å². The monoisotopic (exact) mass is 386 g/mol. The number of halogens is 2. The van der Waals surface area contributed by atoms with Crippen molar-refractivity contribution in [3.63, 3.8) is 0 Å². The van der Waals surface area contributed by atoms with Gasteiger partial charge in [0.1, 0.15) is 16.5 Å². The van der Waals surface area contributed by atoms with Gasteiger partial charge < -0.3 is 5.32 Å². The van der Waals surface area contributed by atoms with Gasteiger partial charge in [0.25, 0.3) is 0 Å². The molecule has 2 fully saturated rings. The zero-order valence-corrected chi connectivity index (χ0v) is 15.9. The van der Waals surface area contributed by atoms with Crippen LogP contribution >= 0.6 is 0 Å². The lowest BCUT2D eigenvalue weighted by Gasteiger charge is -2.31. The molecular weight excluding hydrogens is 358 g/mol. The molecule has 4 nitrogen and oxygen atoms in total. The second-order valence-electron chi connectivity index (χ2n) is 7.55. The smallest absolute Gasteiger partial charge is 0.245 e. The maximum absolute atomic E-state index is 13.9. The molecule has 0 amide bonds. The number of benzene rings is 1. The minimum Gasteiger partial charge on any atom is -0.317 e. The summed E-state index contributed by atoms with van der Waals surface area (Å²) < 4.78 is 53.4. The third-order valence-corrected chi connectivity index (χ3v) is 7.70. The van der Waals surface area contributed by atoms with E-state index in [1.54, 1.807) is 0 Å². The average Bonchev–Trinajstić information content (AvgIpc) is 2.63. The number of nitrogens with zero attached hydrogens (tertiary/aromatic N) is 1. The third kappa shape index (κ3) is 4.81. The van der Waals surface area contributed by atoms with Gasteiger partial charge in [0.05, 0.1) is 0 Å². The zero-order valence-electron chi connectivity index (χ0n) is 15.1. The number of sulfonamides is 1. The predicted molar refractivity (Wildman–Crippen MR) is 97.3 cm³/mol. The normalized spacial score (nSPS) is 21.2. The molecule has 0 radical (unpaired) electrons. The van der Waals surface area contributed by atoms with Crippen molar-refractivity contribution in [3.8, 4) is 0 Å². The van der Waals surface area contributed by atoms with Crippen LogP contribution in [0.1, 0.15) is 44.9 Å². The summed E-state index contributed by atoms with van der Waals surface area (Å²) in [6.45, 7) is 3.08. The molecule has 0 aromatic heterocycles. The molecule has 0 unspecified atom stereocenters. The van der Waals surface area contributed by atoms with Crippen LogP contribution in [0.25, 0.3) is 0 Å². The highest BCUT2D eigenvalue weighted by molar-refractivity contribution is 7.89. The summed E-state index contributed by atoms with van der Waals surface area (Å²) in [6, 6.07) is 2.63. The Morgan fingerprint density at radius 1 is 1.00 bits per heavy atom. The first kappa shape index (κ1) is 19.7. The van der Waals surface area contributed by atoms with Gasteiger partial charge in [0.15, 0.2) is 0 Å². The van der Waals surface area contributed by atoms with Crippen molar-refractivity contribution in [2.75, 3.05) is 26.2 Å². The van der Waals surface area contributed by atoms with Gasteiger partial charge >= 0.3 is 0 Å². The highest BCUT2D eigenvalue weighted by Gasteiger charge is 2.31. The fourth-order valence-electron chi connectivity index (χ4n) is 4.13. The van der Waals surface area contributed by atoms with Gasteiger partial charge in [-0.1, -0.05) is 19.3 Å². The van der Waals surface area contributed by atoms with Crippen LogP contribution in [0.15, 0.2) is 23.1 Å². The van der Waals surface area contributed by atoms with Gasteiger partial charge in [0.2, 0.25) is 10.0 Å². The molecule has 3 rings (SSSR count). The first-order valence-electron chi connectivity index (χ1n) is 9.63. The Balaban J connectivity index is 1.48. The Labute approximate surface area is 155 Å². The zero-order chi connectivity index (χ0) is 18.6. The summed E-state index contributed by atoms with van der Waals surface area (Å²) in [5.41, 5.74) is 0. The SMILES string of the molecule is O=S(=O)(c1ccc(F)cc1F)N1CCC(CCCC2CCNCC2)CC1. The van der Waals surface area contributed by atoms with Crippen molar-refractivity contribution >= 4 is 10.0 Å². The molecule has 1 aromatic carbocycles. The molecule has 0 aliphatic carbocycles. The minimum absolute atomic E-state index is 0.414. The van der Waals surface area contributed by atoms with Crippen molar-refractivity contribution in [1.29, 1.82) is 0 Å². The number of hydrogen-bond acceptors (Lipinski definition) is 3.